The molecule has 2 nitrogen and oxygen atoms in total. The van der Waals surface area contributed by atoms with Crippen LogP contribution in [0.2, 0.25) is 0 Å². The van der Waals surface area contributed by atoms with Gasteiger partial charge in [-0.3, -0.25) is 0 Å². The van der Waals surface area contributed by atoms with Crippen molar-refractivity contribution in [1.82, 2.24) is 0 Å². The maximum absolute atomic E-state index is 2.66. The molecule has 0 atom stereocenters. The van der Waals surface area contributed by atoms with Crippen LogP contribution in [0.25, 0.3) is 44.2 Å². The van der Waals surface area contributed by atoms with Gasteiger partial charge in [0, 0.05) is 33.9 Å². The average molecular weight is 851 g/mol. The van der Waals surface area contributed by atoms with Crippen molar-refractivity contribution in [2.24, 2.45) is 0 Å². The van der Waals surface area contributed by atoms with Gasteiger partial charge in [-0.1, -0.05) is 201 Å². The third-order valence-electron chi connectivity index (χ3n) is 14.9. The molecular formula is C63H55BN2. The van der Waals surface area contributed by atoms with Gasteiger partial charge >= 0.3 is 0 Å². The van der Waals surface area contributed by atoms with Crippen LogP contribution in [-0.2, 0) is 16.2 Å². The van der Waals surface area contributed by atoms with Crippen molar-refractivity contribution < 1.29 is 0 Å². The first-order valence-electron chi connectivity index (χ1n) is 23.7. The van der Waals surface area contributed by atoms with E-state index in [0.29, 0.717) is 0 Å². The second kappa shape index (κ2) is 14.5. The number of rotatable bonds is 4. The number of benzene rings is 9. The average Bonchev–Trinajstić information content (AvgIpc) is 3.56. The summed E-state index contributed by atoms with van der Waals surface area (Å²) >= 11 is 0. The van der Waals surface area contributed by atoms with E-state index in [0.717, 1.165) is 5.69 Å². The Labute approximate surface area is 391 Å². The molecule has 9 aromatic carbocycles. The normalized spacial score (nSPS) is 14.4. The maximum Gasteiger partial charge on any atom is 0.252 e. The first kappa shape index (κ1) is 40.4. The molecule has 0 aromatic heterocycles. The fourth-order valence-corrected chi connectivity index (χ4v) is 11.5. The lowest BCUT2D eigenvalue weighted by Crippen LogP contribution is -2.61. The summed E-state index contributed by atoms with van der Waals surface area (Å²) < 4.78 is 0. The summed E-state index contributed by atoms with van der Waals surface area (Å²) in [5, 5.41) is 2.53. The largest absolute Gasteiger partial charge is 0.311 e. The van der Waals surface area contributed by atoms with E-state index in [1.54, 1.807) is 0 Å². The van der Waals surface area contributed by atoms with E-state index < -0.39 is 0 Å². The molecule has 320 valence electrons. The fourth-order valence-electron chi connectivity index (χ4n) is 11.5. The lowest BCUT2D eigenvalue weighted by molar-refractivity contribution is 0.590. The zero-order chi connectivity index (χ0) is 45.3. The Morgan fingerprint density at radius 2 is 1.02 bits per heavy atom. The zero-order valence-corrected chi connectivity index (χ0v) is 39.4. The SMILES string of the molecule is CC(C)(C)c1ccc2c(c1)N(c1ccc(-c3ccccc3)cc1)c1cc(C(C)(C)C)cc3c1B2c1cc(-c2cccc4ccccc24)ccc1N3c1cccc2c1C(C)(C)c1ccccc1-2. The molecule has 0 amide bonds. The lowest BCUT2D eigenvalue weighted by atomic mass is 9.33. The number of nitrogens with zero attached hydrogens (tertiary/aromatic N) is 2. The standard InChI is InChI=1S/C63H55BN2/c1-61(2,3)44-31-34-52-56(37-44)65(46-32-28-41(29-33-46)40-18-10-9-11-19-40)57-38-45(62(4,5)6)39-58-60(57)64(52)53-36-43(48-24-16-21-42-20-12-13-22-47(42)48)30-35-54(53)66(58)55-27-17-25-50-49-23-14-15-26-51(49)63(7,8)59(50)55/h9-39H,1-8H3. The molecule has 0 spiro atoms. The molecule has 0 N–H and O–H groups in total. The molecule has 0 unspecified atom stereocenters. The first-order valence-corrected chi connectivity index (χ1v) is 23.7. The lowest BCUT2D eigenvalue weighted by Gasteiger charge is -2.46. The van der Waals surface area contributed by atoms with Crippen LogP contribution in [0.4, 0.5) is 34.1 Å². The molecule has 0 saturated carbocycles. The molecule has 0 bridgehead atoms. The molecule has 0 radical (unpaired) electrons. The molecular weight excluding hydrogens is 796 g/mol. The van der Waals surface area contributed by atoms with Crippen molar-refractivity contribution in [2.75, 3.05) is 9.80 Å². The van der Waals surface area contributed by atoms with Crippen LogP contribution in [0.3, 0.4) is 0 Å². The molecule has 0 fully saturated rings. The molecule has 2 heterocycles. The second-order valence-corrected chi connectivity index (χ2v) is 21.4. The van der Waals surface area contributed by atoms with Gasteiger partial charge in [0.1, 0.15) is 0 Å². The van der Waals surface area contributed by atoms with Gasteiger partial charge in [-0.2, -0.15) is 0 Å². The van der Waals surface area contributed by atoms with Crippen molar-refractivity contribution in [3.8, 4) is 33.4 Å². The van der Waals surface area contributed by atoms with Crippen LogP contribution < -0.4 is 26.2 Å². The van der Waals surface area contributed by atoms with E-state index in [4.69, 9.17) is 0 Å². The summed E-state index contributed by atoms with van der Waals surface area (Å²) in [6, 6.07) is 71.4. The number of anilines is 6. The summed E-state index contributed by atoms with van der Waals surface area (Å²) in [6.07, 6.45) is 0. The minimum absolute atomic E-state index is 0.0176. The Kier molecular flexibility index (Phi) is 8.85. The predicted molar refractivity (Wildman–Crippen MR) is 284 cm³/mol. The van der Waals surface area contributed by atoms with Crippen molar-refractivity contribution in [3.05, 3.63) is 210 Å². The van der Waals surface area contributed by atoms with Gasteiger partial charge in [0.2, 0.25) is 0 Å². The summed E-state index contributed by atoms with van der Waals surface area (Å²) in [5.74, 6) is 0. The minimum Gasteiger partial charge on any atom is -0.311 e. The van der Waals surface area contributed by atoms with E-state index in [2.05, 4.69) is 253 Å². The highest BCUT2D eigenvalue weighted by Crippen LogP contribution is 2.55. The van der Waals surface area contributed by atoms with Crippen LogP contribution in [-0.4, -0.2) is 6.71 Å². The predicted octanol–water partition coefficient (Wildman–Crippen LogP) is 15.2. The Morgan fingerprint density at radius 3 is 1.79 bits per heavy atom. The van der Waals surface area contributed by atoms with Crippen molar-refractivity contribution >= 4 is 68.0 Å². The Balaban J connectivity index is 1.19. The van der Waals surface area contributed by atoms with Crippen LogP contribution in [0.1, 0.15) is 77.6 Å². The van der Waals surface area contributed by atoms with Gasteiger partial charge in [-0.05, 0) is 136 Å². The molecule has 9 aromatic rings. The van der Waals surface area contributed by atoms with E-state index in [1.165, 1.54) is 111 Å². The summed E-state index contributed by atoms with van der Waals surface area (Å²) in [4.78, 5) is 5.25. The van der Waals surface area contributed by atoms with Crippen molar-refractivity contribution in [2.45, 2.75) is 71.6 Å². The van der Waals surface area contributed by atoms with Gasteiger partial charge in [0.05, 0.1) is 5.69 Å². The van der Waals surface area contributed by atoms with Crippen LogP contribution >= 0.6 is 0 Å². The summed E-state index contributed by atoms with van der Waals surface area (Å²) in [5.41, 5.74) is 24.0. The number of hydrogen-bond donors (Lipinski definition) is 0. The highest BCUT2D eigenvalue weighted by atomic mass is 15.2. The Hall–Kier alpha value is -7.10. The Morgan fingerprint density at radius 1 is 0.409 bits per heavy atom. The van der Waals surface area contributed by atoms with Gasteiger partial charge in [0.25, 0.3) is 6.71 Å². The van der Waals surface area contributed by atoms with Crippen LogP contribution in [0, 0.1) is 0 Å². The molecule has 66 heavy (non-hydrogen) atoms. The molecule has 0 saturated heterocycles. The first-order chi connectivity index (χ1) is 31.8. The quantitative estimate of drug-likeness (QED) is 0.163. The molecule has 1 aliphatic carbocycles. The Bertz CT molecular complexity index is 3410. The van der Waals surface area contributed by atoms with E-state index in [-0.39, 0.29) is 23.0 Å². The maximum atomic E-state index is 2.66. The molecule has 3 heteroatoms. The highest BCUT2D eigenvalue weighted by Gasteiger charge is 2.46. The third kappa shape index (κ3) is 6.09. The van der Waals surface area contributed by atoms with E-state index >= 15 is 0 Å². The fraction of sp³-hybridized carbons (Fsp3) is 0.175. The van der Waals surface area contributed by atoms with Gasteiger partial charge < -0.3 is 9.80 Å². The zero-order valence-electron chi connectivity index (χ0n) is 39.4. The third-order valence-corrected chi connectivity index (χ3v) is 14.9. The topological polar surface area (TPSA) is 6.48 Å². The van der Waals surface area contributed by atoms with Gasteiger partial charge in [-0.25, -0.2) is 0 Å². The molecule has 3 aliphatic rings. The van der Waals surface area contributed by atoms with Crippen LogP contribution in [0.5, 0.6) is 0 Å². The minimum atomic E-state index is -0.216. The molecule has 12 rings (SSSR count). The van der Waals surface area contributed by atoms with Gasteiger partial charge in [-0.15, -0.1) is 0 Å². The number of hydrogen-bond acceptors (Lipinski definition) is 2. The van der Waals surface area contributed by atoms with Crippen molar-refractivity contribution in [3.63, 3.8) is 0 Å². The van der Waals surface area contributed by atoms with Gasteiger partial charge in [0.15, 0.2) is 0 Å². The number of fused-ring (bicyclic) bond motifs is 8. The van der Waals surface area contributed by atoms with Crippen LogP contribution in [0.15, 0.2) is 188 Å². The van der Waals surface area contributed by atoms with Crippen molar-refractivity contribution in [1.29, 1.82) is 0 Å². The summed E-state index contributed by atoms with van der Waals surface area (Å²) in [7, 11) is 0. The summed E-state index contributed by atoms with van der Waals surface area (Å²) in [6.45, 7) is 18.9. The second-order valence-electron chi connectivity index (χ2n) is 21.4. The van der Waals surface area contributed by atoms with E-state index in [9.17, 15) is 0 Å². The highest BCUT2D eigenvalue weighted by molar-refractivity contribution is 7.00. The van der Waals surface area contributed by atoms with E-state index in [1.807, 2.05) is 0 Å². The molecule has 2 aliphatic heterocycles. The smallest absolute Gasteiger partial charge is 0.252 e. The monoisotopic (exact) mass is 850 g/mol.